The molecule has 0 aromatic heterocycles. The van der Waals surface area contributed by atoms with Crippen molar-refractivity contribution in [3.8, 4) is 34.5 Å². The molecule has 2 aromatic rings. The zero-order chi connectivity index (χ0) is 24.1. The van der Waals surface area contributed by atoms with Gasteiger partial charge in [-0.15, -0.1) is 0 Å². The molecule has 0 amide bonds. The van der Waals surface area contributed by atoms with Crippen LogP contribution in [-0.4, -0.2) is 48.0 Å². The quantitative estimate of drug-likeness (QED) is 0.283. The highest BCUT2D eigenvalue weighted by Crippen LogP contribution is 2.48. The molecule has 0 unspecified atom stereocenters. The average Bonchev–Trinajstić information content (AvgIpc) is 2.70. The molecule has 0 aliphatic carbocycles. The van der Waals surface area contributed by atoms with Gasteiger partial charge in [0.1, 0.15) is 5.75 Å². The number of methoxy groups -OCH3 is 4. The van der Waals surface area contributed by atoms with Crippen molar-refractivity contribution in [1.29, 1.82) is 0 Å². The summed E-state index contributed by atoms with van der Waals surface area (Å²) in [6, 6.07) is 5.34. The van der Waals surface area contributed by atoms with Gasteiger partial charge >= 0.3 is 15.6 Å². The van der Waals surface area contributed by atoms with Crippen LogP contribution in [0.2, 0.25) is 0 Å². The monoisotopic (exact) mass is 492 g/mol. The molecule has 0 saturated carbocycles. The first-order chi connectivity index (χ1) is 14.9. The molecule has 0 bridgehead atoms. The summed E-state index contributed by atoms with van der Waals surface area (Å²) in [4.78, 5) is 36.7. The van der Waals surface area contributed by atoms with E-state index in [0.29, 0.717) is 22.8 Å². The van der Waals surface area contributed by atoms with Crippen molar-refractivity contribution in [2.24, 2.45) is 0 Å². The van der Waals surface area contributed by atoms with Crippen molar-refractivity contribution >= 4 is 27.8 Å². The molecular weight excluding hydrogens is 470 g/mol. The Bertz CT molecular complexity index is 1060. The van der Waals surface area contributed by atoms with Crippen LogP contribution < -0.4 is 28.0 Å². The Morgan fingerprint density at radius 1 is 0.625 bits per heavy atom. The number of hydrogen-bond donors (Lipinski definition) is 4. The number of hydrogen-bond acceptors (Lipinski definition) is 8. The highest BCUT2D eigenvalue weighted by molar-refractivity contribution is 7.47. The maximum atomic E-state index is 11.4. The fourth-order valence-electron chi connectivity index (χ4n) is 2.64. The summed E-state index contributed by atoms with van der Waals surface area (Å²) in [6.45, 7) is 0. The third-order valence-electron chi connectivity index (χ3n) is 3.87. The number of benzene rings is 2. The van der Waals surface area contributed by atoms with Gasteiger partial charge in [0.05, 0.1) is 28.4 Å². The van der Waals surface area contributed by atoms with E-state index in [-0.39, 0.29) is 22.8 Å². The van der Waals surface area contributed by atoms with Gasteiger partial charge in [0.15, 0.2) is 23.0 Å². The molecule has 12 nitrogen and oxygen atoms in total. The van der Waals surface area contributed by atoms with Crippen LogP contribution in [0.25, 0.3) is 12.2 Å². The first-order valence-corrected chi connectivity index (χ1v) is 11.7. The second kappa shape index (κ2) is 10.3. The van der Waals surface area contributed by atoms with Crippen LogP contribution in [0.4, 0.5) is 0 Å². The molecule has 32 heavy (non-hydrogen) atoms. The molecule has 0 saturated heterocycles. The van der Waals surface area contributed by atoms with Gasteiger partial charge in [0.2, 0.25) is 5.75 Å². The second-order valence-corrected chi connectivity index (χ2v) is 8.32. The summed E-state index contributed by atoms with van der Waals surface area (Å²) >= 11 is 0. The van der Waals surface area contributed by atoms with Gasteiger partial charge < -0.3 is 28.0 Å². The van der Waals surface area contributed by atoms with E-state index >= 15 is 0 Å². The van der Waals surface area contributed by atoms with E-state index in [2.05, 4.69) is 4.52 Å². The summed E-state index contributed by atoms with van der Waals surface area (Å²) < 4.78 is 52.7. The minimum atomic E-state index is -4.97. The highest BCUT2D eigenvalue weighted by Gasteiger charge is 2.24. The topological polar surface area (TPSA) is 170 Å². The molecule has 0 aliphatic rings. The van der Waals surface area contributed by atoms with E-state index < -0.39 is 15.6 Å². The lowest BCUT2D eigenvalue weighted by Gasteiger charge is -2.16. The normalized spacial score (nSPS) is 11.9. The molecular formula is C18H22O12P2. The fraction of sp³-hybridized carbons (Fsp3) is 0.222. The van der Waals surface area contributed by atoms with Gasteiger partial charge in [0, 0.05) is 11.6 Å². The molecule has 0 spiro atoms. The molecule has 2 aromatic carbocycles. The molecule has 0 fully saturated rings. The van der Waals surface area contributed by atoms with Crippen LogP contribution in [0.3, 0.4) is 0 Å². The van der Waals surface area contributed by atoms with E-state index in [1.807, 2.05) is 0 Å². The summed E-state index contributed by atoms with van der Waals surface area (Å²) in [5, 5.41) is 0. The number of rotatable bonds is 10. The summed E-state index contributed by atoms with van der Waals surface area (Å²) in [5.74, 6) is 0.165. The lowest BCUT2D eigenvalue weighted by atomic mass is 10.1. The van der Waals surface area contributed by atoms with Crippen LogP contribution >= 0.6 is 15.6 Å². The first kappa shape index (κ1) is 25.5. The van der Waals surface area contributed by atoms with Crippen molar-refractivity contribution in [2.75, 3.05) is 28.4 Å². The summed E-state index contributed by atoms with van der Waals surface area (Å²) in [7, 11) is -4.44. The molecule has 176 valence electrons. The van der Waals surface area contributed by atoms with Crippen LogP contribution in [0.15, 0.2) is 24.3 Å². The van der Waals surface area contributed by atoms with E-state index in [1.54, 1.807) is 12.1 Å². The zero-order valence-corrected chi connectivity index (χ0v) is 19.2. The predicted molar refractivity (Wildman–Crippen MR) is 113 cm³/mol. The average molecular weight is 492 g/mol. The molecule has 0 radical (unpaired) electrons. The molecule has 0 heterocycles. The van der Waals surface area contributed by atoms with Crippen molar-refractivity contribution in [3.63, 3.8) is 0 Å². The Morgan fingerprint density at radius 2 is 1.12 bits per heavy atom. The summed E-state index contributed by atoms with van der Waals surface area (Å²) in [6.07, 6.45) is 2.89. The van der Waals surface area contributed by atoms with Crippen molar-refractivity contribution < 1.29 is 56.7 Å². The van der Waals surface area contributed by atoms with Crippen LogP contribution in [0.5, 0.6) is 34.5 Å². The second-order valence-electron chi connectivity index (χ2n) is 6.00. The Hall–Kier alpha value is -2.72. The number of phosphoric acid groups is 2. The predicted octanol–water partition coefficient (Wildman–Crippen LogP) is 2.83. The van der Waals surface area contributed by atoms with E-state index in [0.717, 1.165) is 12.1 Å². The van der Waals surface area contributed by atoms with Crippen molar-refractivity contribution in [2.45, 2.75) is 0 Å². The highest BCUT2D eigenvalue weighted by atomic mass is 31.2. The lowest BCUT2D eigenvalue weighted by molar-refractivity contribution is 0.272. The van der Waals surface area contributed by atoms with Gasteiger partial charge in [-0.3, -0.25) is 19.6 Å². The maximum absolute atomic E-state index is 11.4. The van der Waals surface area contributed by atoms with Gasteiger partial charge in [-0.2, -0.15) is 0 Å². The number of ether oxygens (including phenoxy) is 4. The van der Waals surface area contributed by atoms with Gasteiger partial charge in [-0.05, 0) is 23.8 Å². The molecule has 0 aliphatic heterocycles. The van der Waals surface area contributed by atoms with E-state index in [4.69, 9.17) is 33.3 Å². The van der Waals surface area contributed by atoms with E-state index in [9.17, 15) is 18.9 Å². The third kappa shape index (κ3) is 6.89. The smallest absolute Gasteiger partial charge is 0.493 e. The van der Waals surface area contributed by atoms with E-state index in [1.165, 1.54) is 40.6 Å². The standard InChI is InChI=1S/C18H22O12P2/c1-25-14-10-13(29-31(19,20)21)12(9-15(14)30-32(22,23)24)6-5-11-7-16(26-2)18(28-4)17(8-11)27-3/h5-10H,1-4H3,(H2,19,20,21)(H2,22,23,24)/b6-5-. The van der Waals surface area contributed by atoms with Gasteiger partial charge in [-0.25, -0.2) is 9.13 Å². The zero-order valence-electron chi connectivity index (χ0n) is 17.4. The van der Waals surface area contributed by atoms with Crippen molar-refractivity contribution in [1.82, 2.24) is 0 Å². The third-order valence-corrected chi connectivity index (χ3v) is 4.74. The van der Waals surface area contributed by atoms with Crippen molar-refractivity contribution in [3.05, 3.63) is 35.4 Å². The largest absolute Gasteiger partial charge is 0.524 e. The summed E-state index contributed by atoms with van der Waals surface area (Å²) in [5.41, 5.74) is 0.557. The molecule has 0 atom stereocenters. The SMILES string of the molecule is COc1cc(OP(=O)(O)O)c(/C=C\c2cc(OC)c(OC)c(OC)c2)cc1OP(=O)(O)O. The Morgan fingerprint density at radius 3 is 1.56 bits per heavy atom. The maximum Gasteiger partial charge on any atom is 0.524 e. The van der Waals surface area contributed by atoms with Gasteiger partial charge in [0.25, 0.3) is 0 Å². The molecule has 14 heteroatoms. The minimum Gasteiger partial charge on any atom is -0.493 e. The Labute approximate surface area is 183 Å². The molecule has 2 rings (SSSR count). The Kier molecular flexibility index (Phi) is 8.19. The van der Waals surface area contributed by atoms with Crippen LogP contribution in [0.1, 0.15) is 11.1 Å². The fourth-order valence-corrected chi connectivity index (χ4v) is 3.45. The first-order valence-electron chi connectivity index (χ1n) is 8.61. The number of phosphoric ester groups is 2. The lowest BCUT2D eigenvalue weighted by Crippen LogP contribution is -1.98. The van der Waals surface area contributed by atoms with Gasteiger partial charge in [-0.1, -0.05) is 12.2 Å². The van der Waals surface area contributed by atoms with Crippen LogP contribution in [-0.2, 0) is 9.13 Å². The molecule has 4 N–H and O–H groups in total. The van der Waals surface area contributed by atoms with Crippen LogP contribution in [0, 0.1) is 0 Å². The minimum absolute atomic E-state index is 0.0197. The Balaban J connectivity index is 2.61.